The van der Waals surface area contributed by atoms with Crippen LogP contribution in [0.5, 0.6) is 5.75 Å². The molecular weight excluding hydrogens is 252 g/mol. The van der Waals surface area contributed by atoms with Gasteiger partial charge in [-0.25, -0.2) is 0 Å². The zero-order valence-corrected chi connectivity index (χ0v) is 12.6. The zero-order chi connectivity index (χ0) is 14.5. The third-order valence-corrected chi connectivity index (χ3v) is 4.10. The predicted octanol–water partition coefficient (Wildman–Crippen LogP) is 2.56. The van der Waals surface area contributed by atoms with E-state index in [1.807, 2.05) is 29.2 Å². The van der Waals surface area contributed by atoms with Crippen molar-refractivity contribution in [2.75, 3.05) is 20.2 Å². The third-order valence-electron chi connectivity index (χ3n) is 4.10. The van der Waals surface area contributed by atoms with E-state index in [2.05, 4.69) is 19.2 Å². The number of carbonyl (C=O) groups is 1. The molecule has 1 aromatic rings. The van der Waals surface area contributed by atoms with Crippen molar-refractivity contribution in [1.82, 2.24) is 10.2 Å². The monoisotopic (exact) mass is 276 g/mol. The van der Waals surface area contributed by atoms with Crippen LogP contribution < -0.4 is 10.1 Å². The van der Waals surface area contributed by atoms with Crippen LogP contribution in [0.4, 0.5) is 0 Å². The van der Waals surface area contributed by atoms with Crippen LogP contribution in [0, 0.1) is 5.92 Å². The third kappa shape index (κ3) is 3.12. The Balaban J connectivity index is 2.18. The average Bonchev–Trinajstić information content (AvgIpc) is 2.85. The van der Waals surface area contributed by atoms with Crippen molar-refractivity contribution in [1.29, 1.82) is 0 Å². The molecule has 1 saturated heterocycles. The largest absolute Gasteiger partial charge is 0.497 e. The first-order chi connectivity index (χ1) is 9.69. The lowest BCUT2D eigenvalue weighted by atomic mass is 10.0. The van der Waals surface area contributed by atoms with Crippen LogP contribution in [0.25, 0.3) is 0 Å². The number of amides is 1. The number of carbonyl (C=O) groups excluding carboxylic acids is 1. The van der Waals surface area contributed by atoms with Crippen molar-refractivity contribution in [3.8, 4) is 5.75 Å². The van der Waals surface area contributed by atoms with Crippen LogP contribution in [0.3, 0.4) is 0 Å². The van der Waals surface area contributed by atoms with Gasteiger partial charge < -0.3 is 9.64 Å². The number of benzene rings is 1. The smallest absolute Gasteiger partial charge is 0.238 e. The van der Waals surface area contributed by atoms with Gasteiger partial charge >= 0.3 is 0 Å². The first-order valence-electron chi connectivity index (χ1n) is 7.36. The summed E-state index contributed by atoms with van der Waals surface area (Å²) in [5.74, 6) is 1.57. The molecule has 1 atom stereocenters. The summed E-state index contributed by atoms with van der Waals surface area (Å²) >= 11 is 0. The van der Waals surface area contributed by atoms with Crippen LogP contribution in [0.2, 0.25) is 0 Å². The number of hydrogen-bond donors (Lipinski definition) is 1. The Hall–Kier alpha value is -1.55. The molecule has 1 aliphatic rings. The molecule has 1 unspecified atom stereocenters. The molecule has 1 N–H and O–H groups in total. The minimum atomic E-state index is -0.0294. The van der Waals surface area contributed by atoms with E-state index in [0.29, 0.717) is 12.5 Å². The molecule has 110 valence electrons. The van der Waals surface area contributed by atoms with E-state index in [9.17, 15) is 4.79 Å². The Bertz CT molecular complexity index is 458. The second-order valence-electron chi connectivity index (χ2n) is 5.29. The lowest BCUT2D eigenvalue weighted by Gasteiger charge is -2.28. The molecule has 4 heteroatoms. The Morgan fingerprint density at radius 1 is 1.40 bits per heavy atom. The van der Waals surface area contributed by atoms with Gasteiger partial charge in [-0.15, -0.1) is 0 Å². The highest BCUT2D eigenvalue weighted by Gasteiger charge is 2.32. The van der Waals surface area contributed by atoms with Crippen LogP contribution in [0.1, 0.15) is 38.4 Å². The van der Waals surface area contributed by atoms with Gasteiger partial charge in [0.15, 0.2) is 0 Å². The van der Waals surface area contributed by atoms with Crippen molar-refractivity contribution in [3.05, 3.63) is 29.8 Å². The van der Waals surface area contributed by atoms with E-state index in [1.54, 1.807) is 7.11 Å². The fourth-order valence-electron chi connectivity index (χ4n) is 2.68. The summed E-state index contributed by atoms with van der Waals surface area (Å²) in [5.41, 5.74) is 1.08. The summed E-state index contributed by atoms with van der Waals surface area (Å²) in [4.78, 5) is 14.1. The van der Waals surface area contributed by atoms with Gasteiger partial charge in [0, 0.05) is 6.54 Å². The van der Waals surface area contributed by atoms with E-state index in [1.165, 1.54) is 0 Å². The summed E-state index contributed by atoms with van der Waals surface area (Å²) in [6.07, 6.45) is 2.18. The van der Waals surface area contributed by atoms with Crippen molar-refractivity contribution in [2.45, 2.75) is 32.9 Å². The Labute approximate surface area is 121 Å². The van der Waals surface area contributed by atoms with Crippen molar-refractivity contribution < 1.29 is 9.53 Å². The molecule has 4 nitrogen and oxygen atoms in total. The van der Waals surface area contributed by atoms with Gasteiger partial charge in [-0.2, -0.15) is 0 Å². The van der Waals surface area contributed by atoms with E-state index >= 15 is 0 Å². The molecule has 0 aliphatic carbocycles. The standard InChI is InChI=1S/C16H24N2O2/c1-4-12(5-2)11-18-15(19)10-17-16(18)13-7-6-8-14(9-13)20-3/h6-9,12,16-17H,4-5,10-11H2,1-3H3. The molecule has 1 aliphatic heterocycles. The number of hydrogen-bond acceptors (Lipinski definition) is 3. The molecule has 0 aromatic heterocycles. The molecule has 2 rings (SSSR count). The van der Waals surface area contributed by atoms with Crippen LogP contribution >= 0.6 is 0 Å². The quantitative estimate of drug-likeness (QED) is 0.868. The molecule has 1 heterocycles. The minimum Gasteiger partial charge on any atom is -0.497 e. The van der Waals surface area contributed by atoms with Gasteiger partial charge in [-0.05, 0) is 23.6 Å². The minimum absolute atomic E-state index is 0.0294. The van der Waals surface area contributed by atoms with Crippen LogP contribution in [0.15, 0.2) is 24.3 Å². The number of ether oxygens (including phenoxy) is 1. The van der Waals surface area contributed by atoms with Crippen molar-refractivity contribution >= 4 is 5.91 Å². The second kappa shape index (κ2) is 6.75. The molecule has 0 saturated carbocycles. The fourth-order valence-corrected chi connectivity index (χ4v) is 2.68. The summed E-state index contributed by atoms with van der Waals surface area (Å²) in [6.45, 7) is 5.61. The molecule has 1 fully saturated rings. The number of nitrogens with zero attached hydrogens (tertiary/aromatic N) is 1. The second-order valence-corrected chi connectivity index (χ2v) is 5.29. The van der Waals surface area contributed by atoms with Gasteiger partial charge in [0.1, 0.15) is 11.9 Å². The van der Waals surface area contributed by atoms with Gasteiger partial charge in [-0.1, -0.05) is 38.8 Å². The lowest BCUT2D eigenvalue weighted by Crippen LogP contribution is -2.34. The van der Waals surface area contributed by atoms with Crippen molar-refractivity contribution in [3.63, 3.8) is 0 Å². The SMILES string of the molecule is CCC(CC)CN1C(=O)CNC1c1cccc(OC)c1. The van der Waals surface area contributed by atoms with E-state index < -0.39 is 0 Å². The van der Waals surface area contributed by atoms with Gasteiger partial charge in [-0.3, -0.25) is 10.1 Å². The first-order valence-corrected chi connectivity index (χ1v) is 7.36. The molecule has 0 radical (unpaired) electrons. The molecule has 1 amide bonds. The Kier molecular flexibility index (Phi) is 5.01. The van der Waals surface area contributed by atoms with Gasteiger partial charge in [0.05, 0.1) is 13.7 Å². The van der Waals surface area contributed by atoms with Gasteiger partial charge in [0.2, 0.25) is 5.91 Å². The first kappa shape index (κ1) is 14.9. The maximum atomic E-state index is 12.1. The maximum Gasteiger partial charge on any atom is 0.238 e. The highest BCUT2D eigenvalue weighted by atomic mass is 16.5. The molecule has 1 aromatic carbocycles. The summed E-state index contributed by atoms with van der Waals surface area (Å²) in [6, 6.07) is 7.92. The molecule has 0 spiro atoms. The predicted molar refractivity (Wildman–Crippen MR) is 79.5 cm³/mol. The van der Waals surface area contributed by atoms with Gasteiger partial charge in [0.25, 0.3) is 0 Å². The topological polar surface area (TPSA) is 41.6 Å². The number of nitrogens with one attached hydrogen (secondary N) is 1. The van der Waals surface area contributed by atoms with Crippen molar-refractivity contribution in [2.24, 2.45) is 5.92 Å². The van der Waals surface area contributed by atoms with E-state index in [0.717, 1.165) is 30.7 Å². The Morgan fingerprint density at radius 2 is 2.15 bits per heavy atom. The lowest BCUT2D eigenvalue weighted by molar-refractivity contribution is -0.128. The molecule has 20 heavy (non-hydrogen) atoms. The molecular formula is C16H24N2O2. The highest BCUT2D eigenvalue weighted by molar-refractivity contribution is 5.81. The highest BCUT2D eigenvalue weighted by Crippen LogP contribution is 2.27. The summed E-state index contributed by atoms with van der Waals surface area (Å²) in [5, 5.41) is 3.30. The number of rotatable bonds is 6. The Morgan fingerprint density at radius 3 is 2.80 bits per heavy atom. The average molecular weight is 276 g/mol. The zero-order valence-electron chi connectivity index (χ0n) is 12.6. The summed E-state index contributed by atoms with van der Waals surface area (Å²) < 4.78 is 5.27. The van der Waals surface area contributed by atoms with Crippen LogP contribution in [-0.4, -0.2) is 31.0 Å². The van der Waals surface area contributed by atoms with E-state index in [-0.39, 0.29) is 12.1 Å². The van der Waals surface area contributed by atoms with Crippen LogP contribution in [-0.2, 0) is 4.79 Å². The van der Waals surface area contributed by atoms with E-state index in [4.69, 9.17) is 4.74 Å². The fraction of sp³-hybridized carbons (Fsp3) is 0.562. The molecule has 0 bridgehead atoms. The number of methoxy groups -OCH3 is 1. The summed E-state index contributed by atoms with van der Waals surface area (Å²) in [7, 11) is 1.66. The maximum absolute atomic E-state index is 12.1. The normalized spacial score (nSPS) is 18.9.